The van der Waals surface area contributed by atoms with E-state index in [0.29, 0.717) is 0 Å². The molecular weight excluding hydrogens is 136 g/mol. The lowest BCUT2D eigenvalue weighted by Crippen LogP contribution is -2.37. The van der Waals surface area contributed by atoms with Crippen LogP contribution in [0.15, 0.2) is 11.7 Å². The third-order valence-corrected chi connectivity index (χ3v) is 1.43. The molecule has 0 spiro atoms. The van der Waals surface area contributed by atoms with Gasteiger partial charge in [0.15, 0.2) is 0 Å². The summed E-state index contributed by atoms with van der Waals surface area (Å²) in [5.74, 6) is -8.35. The van der Waals surface area contributed by atoms with Crippen LogP contribution in [0.4, 0.5) is 17.6 Å². The second kappa shape index (κ2) is 1.49. The smallest absolute Gasteiger partial charge is 0.208 e. The topological polar surface area (TPSA) is 0 Å². The number of hydrogen-bond acceptors (Lipinski definition) is 0. The first kappa shape index (κ1) is 6.58. The van der Waals surface area contributed by atoms with E-state index < -0.39 is 23.5 Å². The molecule has 0 bridgehead atoms. The van der Waals surface area contributed by atoms with Crippen LogP contribution in [0.25, 0.3) is 0 Å². The molecule has 0 amide bonds. The summed E-state index contributed by atoms with van der Waals surface area (Å²) in [6.07, 6.45) is 0. The molecule has 0 saturated carbocycles. The second-order valence-corrected chi connectivity index (χ2v) is 2.01. The molecule has 9 heavy (non-hydrogen) atoms. The highest BCUT2D eigenvalue weighted by atomic mass is 19.3. The van der Waals surface area contributed by atoms with Crippen LogP contribution in [-0.2, 0) is 0 Å². The molecule has 1 unspecified atom stereocenters. The van der Waals surface area contributed by atoms with Crippen molar-refractivity contribution < 1.29 is 17.6 Å². The molecule has 4 heteroatoms. The highest BCUT2D eigenvalue weighted by Gasteiger charge is 2.56. The number of rotatable bonds is 0. The summed E-state index contributed by atoms with van der Waals surface area (Å²) in [5, 5.41) is 0. The molecule has 0 nitrogen and oxygen atoms in total. The standard InChI is InChI=1S/C5H4F4/c1-2-3(6)4(7)5(2,8)9/h2H,1H3. The summed E-state index contributed by atoms with van der Waals surface area (Å²) in [4.78, 5) is 0. The SMILES string of the molecule is CC1C(F)=C(F)C1(F)F. The molecule has 0 N–H and O–H groups in total. The lowest BCUT2D eigenvalue weighted by Gasteiger charge is -2.29. The quantitative estimate of drug-likeness (QED) is 0.453. The Morgan fingerprint density at radius 3 is 1.89 bits per heavy atom. The zero-order valence-electron chi connectivity index (χ0n) is 4.59. The summed E-state index contributed by atoms with van der Waals surface area (Å²) in [6.45, 7) is 0.943. The number of allylic oxidation sites excluding steroid dienone is 2. The van der Waals surface area contributed by atoms with E-state index in [-0.39, 0.29) is 0 Å². The first-order chi connectivity index (χ1) is 3.98. The summed E-state index contributed by atoms with van der Waals surface area (Å²) < 4.78 is 47.3. The number of halogens is 4. The molecule has 0 aromatic heterocycles. The van der Waals surface area contributed by atoms with Gasteiger partial charge >= 0.3 is 5.92 Å². The van der Waals surface area contributed by atoms with E-state index >= 15 is 0 Å². The lowest BCUT2D eigenvalue weighted by molar-refractivity contribution is -0.0666. The Bertz CT molecular complexity index is 170. The predicted molar refractivity (Wildman–Crippen MR) is 23.4 cm³/mol. The average Bonchev–Trinajstić information content (AvgIpc) is 1.84. The minimum Gasteiger partial charge on any atom is -0.208 e. The molecule has 0 aliphatic heterocycles. The Morgan fingerprint density at radius 2 is 1.78 bits per heavy atom. The van der Waals surface area contributed by atoms with Gasteiger partial charge in [-0.3, -0.25) is 0 Å². The van der Waals surface area contributed by atoms with Crippen LogP contribution in [0.1, 0.15) is 6.92 Å². The summed E-state index contributed by atoms with van der Waals surface area (Å²) in [7, 11) is 0. The molecule has 0 radical (unpaired) electrons. The van der Waals surface area contributed by atoms with Gasteiger partial charge in [-0.2, -0.15) is 8.78 Å². The van der Waals surface area contributed by atoms with Crippen molar-refractivity contribution >= 4 is 0 Å². The zero-order valence-corrected chi connectivity index (χ0v) is 4.59. The van der Waals surface area contributed by atoms with Gasteiger partial charge in [-0.1, -0.05) is 0 Å². The Balaban J connectivity index is 2.92. The van der Waals surface area contributed by atoms with Crippen molar-refractivity contribution in [3.05, 3.63) is 11.7 Å². The highest BCUT2D eigenvalue weighted by molar-refractivity contribution is 5.27. The van der Waals surface area contributed by atoms with Crippen molar-refractivity contribution in [2.45, 2.75) is 12.8 Å². The van der Waals surface area contributed by atoms with Gasteiger partial charge in [0.05, 0.1) is 5.92 Å². The van der Waals surface area contributed by atoms with Crippen LogP contribution in [0.2, 0.25) is 0 Å². The van der Waals surface area contributed by atoms with Crippen molar-refractivity contribution in [2.24, 2.45) is 5.92 Å². The van der Waals surface area contributed by atoms with Crippen molar-refractivity contribution in [1.29, 1.82) is 0 Å². The molecule has 0 aromatic rings. The van der Waals surface area contributed by atoms with Gasteiger partial charge < -0.3 is 0 Å². The van der Waals surface area contributed by atoms with Gasteiger partial charge in [-0.15, -0.1) is 0 Å². The number of alkyl halides is 2. The van der Waals surface area contributed by atoms with E-state index in [0.717, 1.165) is 6.92 Å². The summed E-state index contributed by atoms with van der Waals surface area (Å²) in [5.41, 5.74) is 0. The monoisotopic (exact) mass is 140 g/mol. The van der Waals surface area contributed by atoms with Crippen LogP contribution < -0.4 is 0 Å². The normalized spacial score (nSPS) is 32.3. The Morgan fingerprint density at radius 1 is 1.33 bits per heavy atom. The van der Waals surface area contributed by atoms with Crippen LogP contribution in [0, 0.1) is 5.92 Å². The first-order valence-electron chi connectivity index (χ1n) is 2.41. The van der Waals surface area contributed by atoms with Crippen molar-refractivity contribution in [3.63, 3.8) is 0 Å². The highest BCUT2D eigenvalue weighted by Crippen LogP contribution is 2.49. The second-order valence-electron chi connectivity index (χ2n) is 2.01. The third kappa shape index (κ3) is 0.587. The summed E-state index contributed by atoms with van der Waals surface area (Å²) >= 11 is 0. The molecule has 1 atom stereocenters. The molecule has 0 saturated heterocycles. The van der Waals surface area contributed by atoms with Crippen molar-refractivity contribution in [1.82, 2.24) is 0 Å². The van der Waals surface area contributed by atoms with E-state index in [1.165, 1.54) is 0 Å². The van der Waals surface area contributed by atoms with Gasteiger partial charge in [-0.25, -0.2) is 8.78 Å². The fraction of sp³-hybridized carbons (Fsp3) is 0.600. The third-order valence-electron chi connectivity index (χ3n) is 1.43. The van der Waals surface area contributed by atoms with E-state index in [4.69, 9.17) is 0 Å². The minimum atomic E-state index is -3.55. The molecule has 0 fully saturated rings. The fourth-order valence-electron chi connectivity index (χ4n) is 0.621. The van der Waals surface area contributed by atoms with Gasteiger partial charge in [0, 0.05) is 0 Å². The molecular formula is C5H4F4. The van der Waals surface area contributed by atoms with Crippen LogP contribution in [0.5, 0.6) is 0 Å². The Hall–Kier alpha value is -0.540. The van der Waals surface area contributed by atoms with Crippen molar-refractivity contribution in [2.75, 3.05) is 0 Å². The largest absolute Gasteiger partial charge is 0.310 e. The number of hydrogen-bond donors (Lipinski definition) is 0. The fourth-order valence-corrected chi connectivity index (χ4v) is 0.621. The van der Waals surface area contributed by atoms with Crippen LogP contribution >= 0.6 is 0 Å². The van der Waals surface area contributed by atoms with E-state index in [2.05, 4.69) is 0 Å². The lowest BCUT2D eigenvalue weighted by atomic mass is 9.89. The zero-order chi connectivity index (χ0) is 7.23. The maximum Gasteiger partial charge on any atom is 0.310 e. The molecule has 1 aliphatic rings. The van der Waals surface area contributed by atoms with Crippen LogP contribution in [-0.4, -0.2) is 5.92 Å². The van der Waals surface area contributed by atoms with Gasteiger partial charge in [0.2, 0.25) is 5.83 Å². The van der Waals surface area contributed by atoms with Gasteiger partial charge in [0.25, 0.3) is 0 Å². The maximum atomic E-state index is 11.9. The molecule has 52 valence electrons. The van der Waals surface area contributed by atoms with Crippen molar-refractivity contribution in [3.8, 4) is 0 Å². The predicted octanol–water partition coefficient (Wildman–Crippen LogP) is 2.42. The van der Waals surface area contributed by atoms with E-state index in [9.17, 15) is 17.6 Å². The van der Waals surface area contributed by atoms with E-state index in [1.807, 2.05) is 0 Å². The molecule has 0 heterocycles. The molecule has 0 aromatic carbocycles. The Labute approximate surface area is 49.2 Å². The molecule has 1 aliphatic carbocycles. The maximum absolute atomic E-state index is 11.9. The minimum absolute atomic E-state index is 0.943. The van der Waals surface area contributed by atoms with Gasteiger partial charge in [-0.05, 0) is 6.92 Å². The van der Waals surface area contributed by atoms with E-state index in [1.54, 1.807) is 0 Å². The van der Waals surface area contributed by atoms with Gasteiger partial charge in [0.1, 0.15) is 5.83 Å². The van der Waals surface area contributed by atoms with Crippen LogP contribution in [0.3, 0.4) is 0 Å². The first-order valence-corrected chi connectivity index (χ1v) is 2.41. The average molecular weight is 140 g/mol. The Kier molecular flexibility index (Phi) is 1.09. The molecule has 1 rings (SSSR count). The summed E-state index contributed by atoms with van der Waals surface area (Å²) in [6, 6.07) is 0.